The van der Waals surface area contributed by atoms with Gasteiger partial charge in [0, 0.05) is 5.02 Å². The highest BCUT2D eigenvalue weighted by molar-refractivity contribution is 7.80. The predicted octanol–water partition coefficient (Wildman–Crippen LogP) is 5.25. The minimum Gasteiger partial charge on any atom is -0.356 e. The second-order valence-electron chi connectivity index (χ2n) is 6.56. The van der Waals surface area contributed by atoms with Gasteiger partial charge in [0.15, 0.2) is 5.11 Å². The summed E-state index contributed by atoms with van der Waals surface area (Å²) in [4.78, 5) is 0. The van der Waals surface area contributed by atoms with Crippen LogP contribution in [0.2, 0.25) is 5.02 Å². The molecule has 0 radical (unpaired) electrons. The highest BCUT2D eigenvalue weighted by atomic mass is 35.5. The van der Waals surface area contributed by atoms with Gasteiger partial charge in [0.25, 0.3) is 0 Å². The van der Waals surface area contributed by atoms with Crippen molar-refractivity contribution < 1.29 is 0 Å². The molecule has 0 saturated carbocycles. The molecule has 0 aliphatic carbocycles. The Labute approximate surface area is 170 Å². The monoisotopic (exact) mass is 398 g/mol. The van der Waals surface area contributed by atoms with Crippen LogP contribution in [0.25, 0.3) is 0 Å². The van der Waals surface area contributed by atoms with E-state index in [1.54, 1.807) is 0 Å². The SMILES string of the molecule is Cc1nn(Cc2ccc(Cl)cc2)c(C)c1NC(=S)NC(C)c1ccccc1. The molecule has 0 saturated heterocycles. The molecule has 1 unspecified atom stereocenters. The number of anilines is 1. The van der Waals surface area contributed by atoms with Crippen LogP contribution in [0.15, 0.2) is 54.6 Å². The Morgan fingerprint density at radius 2 is 1.78 bits per heavy atom. The molecule has 3 rings (SSSR count). The second kappa shape index (κ2) is 8.55. The Morgan fingerprint density at radius 3 is 2.44 bits per heavy atom. The van der Waals surface area contributed by atoms with Crippen LogP contribution in [0.5, 0.6) is 0 Å². The van der Waals surface area contributed by atoms with E-state index >= 15 is 0 Å². The van der Waals surface area contributed by atoms with E-state index in [-0.39, 0.29) is 6.04 Å². The number of hydrogen-bond acceptors (Lipinski definition) is 2. The smallest absolute Gasteiger partial charge is 0.171 e. The topological polar surface area (TPSA) is 41.9 Å². The first kappa shape index (κ1) is 19.4. The average Bonchev–Trinajstić information content (AvgIpc) is 2.91. The van der Waals surface area contributed by atoms with E-state index in [0.717, 1.165) is 27.7 Å². The summed E-state index contributed by atoms with van der Waals surface area (Å²) in [5.41, 5.74) is 5.24. The molecule has 4 nitrogen and oxygen atoms in total. The molecule has 0 amide bonds. The minimum atomic E-state index is 0.121. The Hall–Kier alpha value is -2.37. The van der Waals surface area contributed by atoms with Crippen LogP contribution in [0, 0.1) is 13.8 Å². The molecule has 3 aromatic rings. The van der Waals surface area contributed by atoms with Crippen LogP contribution in [0.4, 0.5) is 5.69 Å². The van der Waals surface area contributed by atoms with Crippen molar-refractivity contribution in [2.75, 3.05) is 5.32 Å². The van der Waals surface area contributed by atoms with Gasteiger partial charge in [-0.1, -0.05) is 54.1 Å². The molecule has 2 aromatic carbocycles. The van der Waals surface area contributed by atoms with Crippen LogP contribution < -0.4 is 10.6 Å². The van der Waals surface area contributed by atoms with Crippen molar-refractivity contribution in [3.63, 3.8) is 0 Å². The zero-order chi connectivity index (χ0) is 19.4. The van der Waals surface area contributed by atoms with Gasteiger partial charge < -0.3 is 10.6 Å². The molecule has 1 heterocycles. The van der Waals surface area contributed by atoms with Crippen molar-refractivity contribution in [2.45, 2.75) is 33.4 Å². The first-order valence-electron chi connectivity index (χ1n) is 8.85. The molecule has 27 heavy (non-hydrogen) atoms. The van der Waals surface area contributed by atoms with E-state index in [2.05, 4.69) is 34.8 Å². The summed E-state index contributed by atoms with van der Waals surface area (Å²) >= 11 is 11.5. The zero-order valence-corrected chi connectivity index (χ0v) is 17.2. The fourth-order valence-electron chi connectivity index (χ4n) is 2.97. The standard InChI is InChI=1S/C21H23ClN4S/c1-14(18-7-5-4-6-8-18)23-21(27)24-20-15(2)25-26(16(20)3)13-17-9-11-19(22)12-10-17/h4-12,14H,13H2,1-3H3,(H2,23,24,27). The van der Waals surface area contributed by atoms with Gasteiger partial charge in [0.2, 0.25) is 0 Å². The van der Waals surface area contributed by atoms with E-state index in [1.807, 2.05) is 61.0 Å². The number of rotatable bonds is 5. The van der Waals surface area contributed by atoms with Gasteiger partial charge in [-0.25, -0.2) is 0 Å². The van der Waals surface area contributed by atoms with Gasteiger partial charge in [-0.15, -0.1) is 0 Å². The predicted molar refractivity (Wildman–Crippen MR) is 116 cm³/mol. The van der Waals surface area contributed by atoms with Gasteiger partial charge in [-0.2, -0.15) is 5.10 Å². The highest BCUT2D eigenvalue weighted by Gasteiger charge is 2.14. The van der Waals surface area contributed by atoms with Crippen LogP contribution in [-0.2, 0) is 6.54 Å². The summed E-state index contributed by atoms with van der Waals surface area (Å²) in [6.07, 6.45) is 0. The lowest BCUT2D eigenvalue weighted by atomic mass is 10.1. The molecule has 1 atom stereocenters. The number of nitrogens with zero attached hydrogens (tertiary/aromatic N) is 2. The minimum absolute atomic E-state index is 0.121. The van der Waals surface area contributed by atoms with Crippen molar-refractivity contribution in [1.29, 1.82) is 0 Å². The summed E-state index contributed by atoms with van der Waals surface area (Å²) < 4.78 is 1.98. The van der Waals surface area contributed by atoms with Crippen molar-refractivity contribution in [2.24, 2.45) is 0 Å². The molecule has 0 fully saturated rings. The fourth-order valence-corrected chi connectivity index (χ4v) is 3.37. The first-order valence-corrected chi connectivity index (χ1v) is 9.63. The molecular weight excluding hydrogens is 376 g/mol. The number of thiocarbonyl (C=S) groups is 1. The van der Waals surface area contributed by atoms with Crippen LogP contribution in [0.1, 0.15) is 35.5 Å². The Balaban J connectivity index is 1.69. The maximum atomic E-state index is 5.96. The lowest BCUT2D eigenvalue weighted by molar-refractivity contribution is 0.659. The average molecular weight is 399 g/mol. The van der Waals surface area contributed by atoms with Crippen LogP contribution in [-0.4, -0.2) is 14.9 Å². The van der Waals surface area contributed by atoms with Crippen molar-refractivity contribution in [1.82, 2.24) is 15.1 Å². The third kappa shape index (κ3) is 4.87. The molecule has 0 bridgehead atoms. The van der Waals surface area contributed by atoms with Gasteiger partial charge in [-0.3, -0.25) is 4.68 Å². The Bertz CT molecular complexity index is 919. The summed E-state index contributed by atoms with van der Waals surface area (Å²) in [6.45, 7) is 6.80. The van der Waals surface area contributed by atoms with E-state index in [9.17, 15) is 0 Å². The maximum Gasteiger partial charge on any atom is 0.171 e. The van der Waals surface area contributed by atoms with Crippen molar-refractivity contribution in [3.05, 3.63) is 82.1 Å². The molecule has 0 spiro atoms. The molecule has 0 aliphatic rings. The van der Waals surface area contributed by atoms with Crippen molar-refractivity contribution in [3.8, 4) is 0 Å². The van der Waals surface area contributed by atoms with Gasteiger partial charge in [0.1, 0.15) is 0 Å². The summed E-state index contributed by atoms with van der Waals surface area (Å²) in [5, 5.41) is 12.6. The number of aryl methyl sites for hydroxylation is 1. The van der Waals surface area contributed by atoms with Gasteiger partial charge in [0.05, 0.1) is 29.7 Å². The zero-order valence-electron chi connectivity index (χ0n) is 15.7. The number of benzene rings is 2. The van der Waals surface area contributed by atoms with E-state index < -0.39 is 0 Å². The molecule has 6 heteroatoms. The molecule has 2 N–H and O–H groups in total. The van der Waals surface area contributed by atoms with E-state index in [0.29, 0.717) is 11.7 Å². The first-order chi connectivity index (χ1) is 12.9. The molecular formula is C21H23ClN4S. The number of halogens is 1. The summed E-state index contributed by atoms with van der Waals surface area (Å²) in [7, 11) is 0. The van der Waals surface area contributed by atoms with E-state index in [1.165, 1.54) is 5.56 Å². The Morgan fingerprint density at radius 1 is 1.11 bits per heavy atom. The summed E-state index contributed by atoms with van der Waals surface area (Å²) in [6, 6.07) is 18.2. The van der Waals surface area contributed by atoms with E-state index in [4.69, 9.17) is 23.8 Å². The number of nitrogens with one attached hydrogen (secondary N) is 2. The van der Waals surface area contributed by atoms with Crippen LogP contribution in [0.3, 0.4) is 0 Å². The second-order valence-corrected chi connectivity index (χ2v) is 7.41. The third-order valence-corrected chi connectivity index (χ3v) is 4.98. The van der Waals surface area contributed by atoms with Gasteiger partial charge >= 0.3 is 0 Å². The lowest BCUT2D eigenvalue weighted by Crippen LogP contribution is -2.31. The quantitative estimate of drug-likeness (QED) is 0.576. The molecule has 140 valence electrons. The fraction of sp³-hybridized carbons (Fsp3) is 0.238. The third-order valence-electron chi connectivity index (χ3n) is 4.51. The van der Waals surface area contributed by atoms with Gasteiger partial charge in [-0.05, 0) is 56.2 Å². The van der Waals surface area contributed by atoms with Crippen molar-refractivity contribution >= 4 is 34.6 Å². The number of aromatic nitrogens is 2. The lowest BCUT2D eigenvalue weighted by Gasteiger charge is -2.17. The van der Waals surface area contributed by atoms with Crippen LogP contribution >= 0.6 is 23.8 Å². The largest absolute Gasteiger partial charge is 0.356 e. The number of hydrogen-bond donors (Lipinski definition) is 2. The normalized spacial score (nSPS) is 11.9. The Kier molecular flexibility index (Phi) is 6.14. The highest BCUT2D eigenvalue weighted by Crippen LogP contribution is 2.21. The molecule has 1 aromatic heterocycles. The molecule has 0 aliphatic heterocycles. The maximum absolute atomic E-state index is 5.96. The summed E-state index contributed by atoms with van der Waals surface area (Å²) in [5.74, 6) is 0.